The normalized spacial score (nSPS) is 10.6. The molecule has 0 radical (unpaired) electrons. The fourth-order valence-electron chi connectivity index (χ4n) is 3.62. The van der Waals surface area contributed by atoms with E-state index in [0.717, 1.165) is 22.6 Å². The van der Waals surface area contributed by atoms with Crippen LogP contribution in [0, 0.1) is 0 Å². The molecule has 0 saturated carbocycles. The molecule has 4 rings (SSSR count). The lowest BCUT2D eigenvalue weighted by Gasteiger charge is -2.24. The maximum absolute atomic E-state index is 13.4. The number of halogens is 1. The Morgan fingerprint density at radius 3 is 2.15 bits per heavy atom. The first kappa shape index (κ1) is 23.3. The standard InChI is InChI=1S/C28H25ClN2O3/c1-30(20-26-8-5-17-34-26)27(32)18-21-9-15-25(16-10-21)31(19-22-6-3-2-4-7-22)28(33)23-11-13-24(29)14-12-23/h2-17H,18-20H2,1H3. The number of hydrogen-bond donors (Lipinski definition) is 0. The highest BCUT2D eigenvalue weighted by Crippen LogP contribution is 2.22. The number of rotatable bonds is 8. The highest BCUT2D eigenvalue weighted by molar-refractivity contribution is 6.30. The van der Waals surface area contributed by atoms with Gasteiger partial charge in [0.15, 0.2) is 0 Å². The molecule has 0 unspecified atom stereocenters. The molecule has 0 saturated heterocycles. The number of carbonyl (C=O) groups excluding carboxylic acids is 2. The molecule has 3 aromatic carbocycles. The van der Waals surface area contributed by atoms with Gasteiger partial charge in [-0.2, -0.15) is 0 Å². The van der Waals surface area contributed by atoms with E-state index in [9.17, 15) is 9.59 Å². The summed E-state index contributed by atoms with van der Waals surface area (Å²) < 4.78 is 5.32. The van der Waals surface area contributed by atoms with E-state index in [0.29, 0.717) is 23.7 Å². The molecule has 0 atom stereocenters. The third-order valence-electron chi connectivity index (χ3n) is 5.52. The molecular weight excluding hydrogens is 448 g/mol. The summed E-state index contributed by atoms with van der Waals surface area (Å²) in [7, 11) is 1.76. The molecule has 172 valence electrons. The molecule has 4 aromatic rings. The summed E-state index contributed by atoms with van der Waals surface area (Å²) >= 11 is 6.00. The first-order valence-electron chi connectivity index (χ1n) is 11.0. The Hall–Kier alpha value is -3.83. The minimum absolute atomic E-state index is 0.0115. The first-order valence-corrected chi connectivity index (χ1v) is 11.3. The third-order valence-corrected chi connectivity index (χ3v) is 5.77. The molecule has 34 heavy (non-hydrogen) atoms. The second kappa shape index (κ2) is 10.9. The minimum Gasteiger partial charge on any atom is -0.467 e. The highest BCUT2D eigenvalue weighted by Gasteiger charge is 2.19. The van der Waals surface area contributed by atoms with E-state index in [-0.39, 0.29) is 18.2 Å². The van der Waals surface area contributed by atoms with Crippen LogP contribution in [0.15, 0.2) is 102 Å². The van der Waals surface area contributed by atoms with Crippen molar-refractivity contribution in [3.63, 3.8) is 0 Å². The molecule has 0 aliphatic heterocycles. The Labute approximate surface area is 204 Å². The molecule has 6 heteroatoms. The highest BCUT2D eigenvalue weighted by atomic mass is 35.5. The van der Waals surface area contributed by atoms with E-state index in [1.54, 1.807) is 53.4 Å². The average Bonchev–Trinajstić information content (AvgIpc) is 3.37. The van der Waals surface area contributed by atoms with Gasteiger partial charge in [0.05, 0.1) is 25.8 Å². The smallest absolute Gasteiger partial charge is 0.258 e. The van der Waals surface area contributed by atoms with Gasteiger partial charge in [0.2, 0.25) is 5.91 Å². The first-order chi connectivity index (χ1) is 16.5. The van der Waals surface area contributed by atoms with Gasteiger partial charge in [-0.25, -0.2) is 0 Å². The molecule has 1 aromatic heterocycles. The summed E-state index contributed by atoms with van der Waals surface area (Å²) in [5, 5.41) is 0.581. The summed E-state index contributed by atoms with van der Waals surface area (Å²) in [6.07, 6.45) is 1.86. The van der Waals surface area contributed by atoms with Crippen molar-refractivity contribution in [2.24, 2.45) is 0 Å². The molecule has 0 aliphatic rings. The Morgan fingerprint density at radius 2 is 1.50 bits per heavy atom. The van der Waals surface area contributed by atoms with Crippen molar-refractivity contribution >= 4 is 29.1 Å². The van der Waals surface area contributed by atoms with Crippen LogP contribution >= 0.6 is 11.6 Å². The zero-order valence-corrected chi connectivity index (χ0v) is 19.6. The second-order valence-corrected chi connectivity index (χ2v) is 8.49. The zero-order chi connectivity index (χ0) is 23.9. The van der Waals surface area contributed by atoms with Crippen molar-refractivity contribution in [3.8, 4) is 0 Å². The van der Waals surface area contributed by atoms with Crippen molar-refractivity contribution in [1.82, 2.24) is 4.90 Å². The van der Waals surface area contributed by atoms with Gasteiger partial charge in [0.1, 0.15) is 5.76 Å². The molecule has 0 N–H and O–H groups in total. The van der Waals surface area contributed by atoms with Crippen LogP contribution in [0.25, 0.3) is 0 Å². The lowest BCUT2D eigenvalue weighted by molar-refractivity contribution is -0.129. The van der Waals surface area contributed by atoms with E-state index in [2.05, 4.69) is 0 Å². The van der Waals surface area contributed by atoms with Crippen LogP contribution in [-0.2, 0) is 24.3 Å². The van der Waals surface area contributed by atoms with Crippen LogP contribution in [-0.4, -0.2) is 23.8 Å². The number of carbonyl (C=O) groups is 2. The van der Waals surface area contributed by atoms with Gasteiger partial charge in [-0.1, -0.05) is 54.1 Å². The quantitative estimate of drug-likeness (QED) is 0.317. The van der Waals surface area contributed by atoms with Gasteiger partial charge >= 0.3 is 0 Å². The minimum atomic E-state index is -0.123. The van der Waals surface area contributed by atoms with Crippen LogP contribution in [0.5, 0.6) is 0 Å². The molecule has 0 bridgehead atoms. The SMILES string of the molecule is CN(Cc1ccco1)C(=O)Cc1ccc(N(Cc2ccccc2)C(=O)c2ccc(Cl)cc2)cc1. The molecule has 5 nitrogen and oxygen atoms in total. The van der Waals surface area contributed by atoms with E-state index in [4.69, 9.17) is 16.0 Å². The molecule has 2 amide bonds. The van der Waals surface area contributed by atoms with Crippen LogP contribution < -0.4 is 4.90 Å². The van der Waals surface area contributed by atoms with Gasteiger partial charge in [0.25, 0.3) is 5.91 Å². The van der Waals surface area contributed by atoms with Crippen molar-refractivity contribution in [3.05, 3.63) is 125 Å². The molecular formula is C28H25ClN2O3. The number of benzene rings is 3. The Kier molecular flexibility index (Phi) is 7.45. The van der Waals surface area contributed by atoms with Crippen molar-refractivity contribution in [2.75, 3.05) is 11.9 Å². The topological polar surface area (TPSA) is 53.8 Å². The van der Waals surface area contributed by atoms with Crippen LogP contribution in [0.1, 0.15) is 27.2 Å². The molecule has 0 aliphatic carbocycles. The van der Waals surface area contributed by atoms with Crippen molar-refractivity contribution in [2.45, 2.75) is 19.5 Å². The fourth-order valence-corrected chi connectivity index (χ4v) is 3.75. The predicted molar refractivity (Wildman–Crippen MR) is 134 cm³/mol. The summed E-state index contributed by atoms with van der Waals surface area (Å²) in [5.41, 5.74) is 3.20. The molecule has 0 spiro atoms. The molecule has 1 heterocycles. The van der Waals surface area contributed by atoms with E-state index in [1.165, 1.54) is 0 Å². The lowest BCUT2D eigenvalue weighted by atomic mass is 10.1. The van der Waals surface area contributed by atoms with Gasteiger partial charge in [-0.05, 0) is 59.7 Å². The number of anilines is 1. The number of amides is 2. The summed E-state index contributed by atoms with van der Waals surface area (Å²) in [6, 6.07) is 27.9. The lowest BCUT2D eigenvalue weighted by Crippen LogP contribution is -2.30. The number of likely N-dealkylation sites (N-methyl/N-ethyl adjacent to an activating group) is 1. The van der Waals surface area contributed by atoms with Crippen molar-refractivity contribution < 1.29 is 14.0 Å². The van der Waals surface area contributed by atoms with Gasteiger partial charge in [-0.3, -0.25) is 9.59 Å². The summed E-state index contributed by atoms with van der Waals surface area (Å²) in [4.78, 5) is 29.4. The second-order valence-electron chi connectivity index (χ2n) is 8.06. The van der Waals surface area contributed by atoms with Gasteiger partial charge < -0.3 is 14.2 Å². The molecule has 0 fully saturated rings. The maximum Gasteiger partial charge on any atom is 0.258 e. The Morgan fingerprint density at radius 1 is 0.794 bits per heavy atom. The van der Waals surface area contributed by atoms with Crippen LogP contribution in [0.4, 0.5) is 5.69 Å². The number of hydrogen-bond acceptors (Lipinski definition) is 3. The zero-order valence-electron chi connectivity index (χ0n) is 18.9. The summed E-state index contributed by atoms with van der Waals surface area (Å²) in [5.74, 6) is 0.605. The Bertz CT molecular complexity index is 1220. The maximum atomic E-state index is 13.4. The predicted octanol–water partition coefficient (Wildman–Crippen LogP) is 5.98. The number of furan rings is 1. The van der Waals surface area contributed by atoms with Crippen LogP contribution in [0.3, 0.4) is 0 Å². The number of nitrogens with zero attached hydrogens (tertiary/aromatic N) is 2. The van der Waals surface area contributed by atoms with Crippen molar-refractivity contribution in [1.29, 1.82) is 0 Å². The Balaban J connectivity index is 1.51. The van der Waals surface area contributed by atoms with Gasteiger partial charge in [0, 0.05) is 23.3 Å². The van der Waals surface area contributed by atoms with E-state index >= 15 is 0 Å². The van der Waals surface area contributed by atoms with E-state index in [1.807, 2.05) is 60.7 Å². The van der Waals surface area contributed by atoms with Gasteiger partial charge in [-0.15, -0.1) is 0 Å². The van der Waals surface area contributed by atoms with E-state index < -0.39 is 0 Å². The average molecular weight is 473 g/mol. The fraction of sp³-hybridized carbons (Fsp3) is 0.143. The monoisotopic (exact) mass is 472 g/mol. The summed E-state index contributed by atoms with van der Waals surface area (Å²) in [6.45, 7) is 0.844. The third kappa shape index (κ3) is 5.94. The van der Waals surface area contributed by atoms with Crippen LogP contribution in [0.2, 0.25) is 5.02 Å². The largest absolute Gasteiger partial charge is 0.467 e.